The lowest BCUT2D eigenvalue weighted by Crippen LogP contribution is -1.90. The third-order valence-corrected chi connectivity index (χ3v) is 5.34. The third-order valence-electron chi connectivity index (χ3n) is 5.34. The zero-order valence-corrected chi connectivity index (χ0v) is 15.5. The summed E-state index contributed by atoms with van der Waals surface area (Å²) in [5.74, 6) is 0. The van der Waals surface area contributed by atoms with Gasteiger partial charge in [-0.3, -0.25) is 4.98 Å². The van der Waals surface area contributed by atoms with E-state index in [1.807, 2.05) is 6.20 Å². The largest absolute Gasteiger partial charge is 0.316 e. The highest BCUT2D eigenvalue weighted by Gasteiger charge is 2.07. The topological polar surface area (TPSA) is 17.3 Å². The Kier molecular flexibility index (Phi) is 3.58. The Labute approximate surface area is 158 Å². The molecule has 2 nitrogen and oxygen atoms in total. The molecule has 0 radical (unpaired) electrons. The Morgan fingerprint density at radius 3 is 2.44 bits per heavy atom. The molecule has 0 saturated carbocycles. The Balaban J connectivity index is 1.64. The van der Waals surface area contributed by atoms with Crippen LogP contribution in [-0.2, 0) is 0 Å². The normalized spacial score (nSPS) is 11.3. The number of aromatic nitrogens is 2. The molecule has 0 aliphatic carbocycles. The van der Waals surface area contributed by atoms with Crippen LogP contribution in [0.4, 0.5) is 0 Å². The van der Waals surface area contributed by atoms with Crippen molar-refractivity contribution in [3.63, 3.8) is 0 Å². The lowest BCUT2D eigenvalue weighted by molar-refractivity contribution is 1.22. The van der Waals surface area contributed by atoms with Gasteiger partial charge in [0.05, 0.1) is 11.2 Å². The van der Waals surface area contributed by atoms with E-state index < -0.39 is 0 Å². The van der Waals surface area contributed by atoms with Gasteiger partial charge in [-0.15, -0.1) is 0 Å². The highest BCUT2D eigenvalue weighted by molar-refractivity contribution is 5.88. The van der Waals surface area contributed by atoms with Gasteiger partial charge in [0.25, 0.3) is 0 Å². The van der Waals surface area contributed by atoms with E-state index in [1.54, 1.807) is 0 Å². The van der Waals surface area contributed by atoms with E-state index in [2.05, 4.69) is 102 Å². The van der Waals surface area contributed by atoms with Crippen LogP contribution in [0.3, 0.4) is 0 Å². The molecule has 130 valence electrons. The number of benzene rings is 2. The summed E-state index contributed by atoms with van der Waals surface area (Å²) >= 11 is 0. The minimum Gasteiger partial charge on any atom is -0.316 e. The number of hydrogen-bond acceptors (Lipinski definition) is 1. The Morgan fingerprint density at radius 2 is 1.56 bits per heavy atom. The Bertz CT molecular complexity index is 1290. The highest BCUT2D eigenvalue weighted by Crippen LogP contribution is 2.28. The van der Waals surface area contributed by atoms with Gasteiger partial charge >= 0.3 is 0 Å². The molecule has 3 aromatic heterocycles. The maximum atomic E-state index is 4.62. The molecule has 0 aliphatic rings. The van der Waals surface area contributed by atoms with Crippen LogP contribution in [0.5, 0.6) is 0 Å². The predicted molar refractivity (Wildman–Crippen MR) is 113 cm³/mol. The van der Waals surface area contributed by atoms with Crippen molar-refractivity contribution in [1.82, 2.24) is 9.38 Å². The quantitative estimate of drug-likeness (QED) is 0.359. The molecule has 0 saturated heterocycles. The first-order valence-corrected chi connectivity index (χ1v) is 9.23. The van der Waals surface area contributed by atoms with Crippen molar-refractivity contribution >= 4 is 16.4 Å². The first-order valence-electron chi connectivity index (χ1n) is 9.23. The molecule has 0 aliphatic heterocycles. The number of aryl methyl sites for hydroxylation is 2. The summed E-state index contributed by atoms with van der Waals surface area (Å²) in [6, 6.07) is 25.9. The molecule has 0 N–H and O–H groups in total. The highest BCUT2D eigenvalue weighted by atomic mass is 14.9. The fourth-order valence-corrected chi connectivity index (χ4v) is 3.64. The molecule has 5 aromatic rings. The molecule has 0 atom stereocenters. The number of para-hydroxylation sites is 1. The van der Waals surface area contributed by atoms with Crippen LogP contribution in [0.25, 0.3) is 38.8 Å². The number of fused-ring (bicyclic) bond motifs is 3. The average molecular weight is 348 g/mol. The van der Waals surface area contributed by atoms with E-state index in [9.17, 15) is 0 Å². The summed E-state index contributed by atoms with van der Waals surface area (Å²) in [6.07, 6.45) is 4.18. The van der Waals surface area contributed by atoms with E-state index in [1.165, 1.54) is 38.7 Å². The molecule has 3 heterocycles. The molecule has 0 bridgehead atoms. The summed E-state index contributed by atoms with van der Waals surface area (Å²) in [7, 11) is 0. The number of nitrogens with zero attached hydrogens (tertiary/aromatic N) is 2. The van der Waals surface area contributed by atoms with Gasteiger partial charge in [-0.25, -0.2) is 0 Å². The van der Waals surface area contributed by atoms with Crippen LogP contribution in [0.15, 0.2) is 85.2 Å². The van der Waals surface area contributed by atoms with Crippen molar-refractivity contribution < 1.29 is 0 Å². The lowest BCUT2D eigenvalue weighted by atomic mass is 10.0. The minimum absolute atomic E-state index is 1.02. The van der Waals surface area contributed by atoms with Crippen LogP contribution in [-0.4, -0.2) is 9.38 Å². The molecule has 2 aromatic carbocycles. The van der Waals surface area contributed by atoms with Crippen molar-refractivity contribution in [1.29, 1.82) is 0 Å². The fraction of sp³-hybridized carbons (Fsp3) is 0.0800. The maximum Gasteiger partial charge on any atom is 0.0705 e. The van der Waals surface area contributed by atoms with Gasteiger partial charge in [0.2, 0.25) is 0 Å². The summed E-state index contributed by atoms with van der Waals surface area (Å²) in [5.41, 5.74) is 9.51. The van der Waals surface area contributed by atoms with Crippen LogP contribution >= 0.6 is 0 Å². The molecular weight excluding hydrogens is 328 g/mol. The van der Waals surface area contributed by atoms with E-state index in [0.29, 0.717) is 0 Å². The van der Waals surface area contributed by atoms with Crippen molar-refractivity contribution in [2.24, 2.45) is 0 Å². The predicted octanol–water partition coefficient (Wildman–Crippen LogP) is 6.44. The molecule has 2 heteroatoms. The zero-order chi connectivity index (χ0) is 18.4. The molecule has 27 heavy (non-hydrogen) atoms. The lowest BCUT2D eigenvalue weighted by Gasteiger charge is -2.08. The first kappa shape index (κ1) is 15.8. The van der Waals surface area contributed by atoms with Gasteiger partial charge in [0.1, 0.15) is 0 Å². The SMILES string of the molecule is Cc1cnc(-c2cccc(-c3ccc4cc5ccccc5n4c3)c2)cc1C. The molecular formula is C25H20N2. The van der Waals surface area contributed by atoms with E-state index in [4.69, 9.17) is 0 Å². The number of pyridine rings is 2. The van der Waals surface area contributed by atoms with Crippen LogP contribution in [0.1, 0.15) is 11.1 Å². The van der Waals surface area contributed by atoms with Gasteiger partial charge in [-0.2, -0.15) is 0 Å². The van der Waals surface area contributed by atoms with Crippen molar-refractivity contribution in [3.05, 3.63) is 96.3 Å². The monoisotopic (exact) mass is 348 g/mol. The summed E-state index contributed by atoms with van der Waals surface area (Å²) in [6.45, 7) is 4.23. The average Bonchev–Trinajstić information content (AvgIpc) is 3.08. The maximum absolute atomic E-state index is 4.62. The molecule has 5 rings (SSSR count). The smallest absolute Gasteiger partial charge is 0.0705 e. The second kappa shape index (κ2) is 6.10. The van der Waals surface area contributed by atoms with Crippen molar-refractivity contribution in [3.8, 4) is 22.4 Å². The minimum atomic E-state index is 1.02. The van der Waals surface area contributed by atoms with Gasteiger partial charge in [0, 0.05) is 28.9 Å². The number of hydrogen-bond donors (Lipinski definition) is 0. The van der Waals surface area contributed by atoms with Gasteiger partial charge in [-0.1, -0.05) is 42.5 Å². The van der Waals surface area contributed by atoms with E-state index >= 15 is 0 Å². The van der Waals surface area contributed by atoms with Crippen molar-refractivity contribution in [2.75, 3.05) is 0 Å². The number of rotatable bonds is 2. The first-order chi connectivity index (χ1) is 13.2. The second-order valence-electron chi connectivity index (χ2n) is 7.15. The van der Waals surface area contributed by atoms with E-state index in [0.717, 1.165) is 11.3 Å². The van der Waals surface area contributed by atoms with Crippen LogP contribution in [0.2, 0.25) is 0 Å². The Hall–Kier alpha value is -3.39. The standard InChI is InChI=1S/C25H20N2/c1-17-12-24(26-15-18(17)2)20-8-5-7-19(13-20)22-10-11-23-14-21-6-3-4-9-25(21)27(23)16-22/h3-16H,1-2H3. The zero-order valence-electron chi connectivity index (χ0n) is 15.5. The van der Waals surface area contributed by atoms with Crippen LogP contribution in [0, 0.1) is 13.8 Å². The van der Waals surface area contributed by atoms with Crippen molar-refractivity contribution in [2.45, 2.75) is 13.8 Å². The third kappa shape index (κ3) is 2.70. The van der Waals surface area contributed by atoms with E-state index in [-0.39, 0.29) is 0 Å². The molecule has 0 unspecified atom stereocenters. The molecule has 0 amide bonds. The second-order valence-corrected chi connectivity index (χ2v) is 7.15. The summed E-state index contributed by atoms with van der Waals surface area (Å²) in [5, 5.41) is 1.27. The fourth-order valence-electron chi connectivity index (χ4n) is 3.64. The molecule has 0 fully saturated rings. The summed E-state index contributed by atoms with van der Waals surface area (Å²) in [4.78, 5) is 4.62. The van der Waals surface area contributed by atoms with Gasteiger partial charge < -0.3 is 4.40 Å². The molecule has 0 spiro atoms. The van der Waals surface area contributed by atoms with Gasteiger partial charge in [-0.05, 0) is 66.4 Å². The summed E-state index contributed by atoms with van der Waals surface area (Å²) < 4.78 is 2.27. The van der Waals surface area contributed by atoms with Crippen LogP contribution < -0.4 is 0 Å². The Morgan fingerprint density at radius 1 is 0.704 bits per heavy atom. The van der Waals surface area contributed by atoms with Gasteiger partial charge in [0.15, 0.2) is 0 Å².